The third-order valence-corrected chi connectivity index (χ3v) is 3.73. The van der Waals surface area contributed by atoms with Crippen LogP contribution >= 0.6 is 0 Å². The van der Waals surface area contributed by atoms with Gasteiger partial charge >= 0.3 is 0 Å². The molecule has 1 heteroatoms. The molecule has 1 nitrogen and oxygen atoms in total. The first kappa shape index (κ1) is 10.4. The fourth-order valence-electron chi connectivity index (χ4n) is 2.85. The molecule has 4 aromatic carbocycles. The fourth-order valence-corrected chi connectivity index (χ4v) is 2.85. The molecule has 0 aliphatic rings. The van der Waals surface area contributed by atoms with Crippen molar-refractivity contribution >= 4 is 32.3 Å². The summed E-state index contributed by atoms with van der Waals surface area (Å²) in [6, 6.07) is 22.4. The summed E-state index contributed by atoms with van der Waals surface area (Å²) in [4.78, 5) is 0. The molecule has 0 unspecified atom stereocenters. The lowest BCUT2D eigenvalue weighted by molar-refractivity contribution is 0.482. The molecule has 4 aromatic rings. The first-order chi connectivity index (χ1) is 9.34. The van der Waals surface area contributed by atoms with Gasteiger partial charge in [-0.1, -0.05) is 60.7 Å². The third kappa shape index (κ3) is 1.42. The molecule has 19 heavy (non-hydrogen) atoms. The zero-order chi connectivity index (χ0) is 12.8. The molecule has 0 aliphatic carbocycles. The van der Waals surface area contributed by atoms with Gasteiger partial charge in [0.1, 0.15) is 5.75 Å². The van der Waals surface area contributed by atoms with Crippen molar-refractivity contribution in [1.29, 1.82) is 0 Å². The highest BCUT2D eigenvalue weighted by molar-refractivity contribution is 6.21. The van der Waals surface area contributed by atoms with Crippen LogP contribution in [0.25, 0.3) is 32.3 Å². The Hall–Kier alpha value is -2.54. The Morgan fingerprint density at radius 2 is 1.21 bits per heavy atom. The van der Waals surface area contributed by atoms with Crippen LogP contribution < -0.4 is 0 Å². The Morgan fingerprint density at radius 3 is 2.00 bits per heavy atom. The molecule has 0 amide bonds. The molecule has 0 aromatic heterocycles. The molecule has 0 heterocycles. The second-order valence-electron chi connectivity index (χ2n) is 4.83. The average molecular weight is 244 g/mol. The quantitative estimate of drug-likeness (QED) is 0.438. The van der Waals surface area contributed by atoms with Crippen molar-refractivity contribution in [3.63, 3.8) is 0 Å². The fraction of sp³-hybridized carbons (Fsp3) is 0. The lowest BCUT2D eigenvalue weighted by atomic mass is 9.96. The second-order valence-corrected chi connectivity index (χ2v) is 4.83. The minimum Gasteiger partial charge on any atom is -0.507 e. The summed E-state index contributed by atoms with van der Waals surface area (Å²) in [5.41, 5.74) is 0. The number of aromatic hydroxyl groups is 1. The van der Waals surface area contributed by atoms with E-state index in [4.69, 9.17) is 0 Å². The van der Waals surface area contributed by atoms with Crippen molar-refractivity contribution in [2.45, 2.75) is 0 Å². The standard InChI is InChI=1S/C18H12O/c19-17-11-13-6-2-4-8-15(13)18-14-7-3-1-5-12(14)9-10-16(17)18/h1-11,19H. The molecule has 1 N–H and O–H groups in total. The van der Waals surface area contributed by atoms with Gasteiger partial charge in [-0.3, -0.25) is 0 Å². The molecule has 0 spiro atoms. The topological polar surface area (TPSA) is 20.2 Å². The van der Waals surface area contributed by atoms with Gasteiger partial charge in [-0.15, -0.1) is 0 Å². The van der Waals surface area contributed by atoms with E-state index in [1.54, 1.807) is 0 Å². The maximum absolute atomic E-state index is 10.2. The van der Waals surface area contributed by atoms with Gasteiger partial charge in [0.25, 0.3) is 0 Å². The maximum atomic E-state index is 10.2. The molecule has 0 bridgehead atoms. The van der Waals surface area contributed by atoms with Crippen LogP contribution in [-0.4, -0.2) is 5.11 Å². The van der Waals surface area contributed by atoms with Crippen LogP contribution in [0.4, 0.5) is 0 Å². The molecule has 0 saturated carbocycles. The first-order valence-electron chi connectivity index (χ1n) is 6.37. The Bertz CT molecular complexity index is 907. The number of hydrogen-bond acceptors (Lipinski definition) is 1. The lowest BCUT2D eigenvalue weighted by Crippen LogP contribution is -1.81. The van der Waals surface area contributed by atoms with E-state index in [2.05, 4.69) is 24.3 Å². The summed E-state index contributed by atoms with van der Waals surface area (Å²) in [6.45, 7) is 0. The minimum absolute atomic E-state index is 0.347. The van der Waals surface area contributed by atoms with Gasteiger partial charge < -0.3 is 5.11 Å². The van der Waals surface area contributed by atoms with E-state index in [-0.39, 0.29) is 0 Å². The number of hydrogen-bond donors (Lipinski definition) is 1. The number of rotatable bonds is 0. The predicted octanol–water partition coefficient (Wildman–Crippen LogP) is 4.85. The van der Waals surface area contributed by atoms with Crippen LogP contribution in [0.2, 0.25) is 0 Å². The van der Waals surface area contributed by atoms with E-state index < -0.39 is 0 Å². The summed E-state index contributed by atoms with van der Waals surface area (Å²) < 4.78 is 0. The molecule has 0 aliphatic heterocycles. The zero-order valence-corrected chi connectivity index (χ0v) is 10.3. The third-order valence-electron chi connectivity index (χ3n) is 3.73. The molecule has 0 saturated heterocycles. The van der Waals surface area contributed by atoms with Gasteiger partial charge in [-0.2, -0.15) is 0 Å². The van der Waals surface area contributed by atoms with Crippen molar-refractivity contribution < 1.29 is 5.11 Å². The Labute approximate surface area is 110 Å². The predicted molar refractivity (Wildman–Crippen MR) is 80.6 cm³/mol. The molecule has 0 radical (unpaired) electrons. The van der Waals surface area contributed by atoms with Crippen LogP contribution in [0.1, 0.15) is 0 Å². The summed E-state index contributed by atoms with van der Waals surface area (Å²) in [5.74, 6) is 0.347. The Morgan fingerprint density at radius 1 is 0.579 bits per heavy atom. The van der Waals surface area contributed by atoms with Gasteiger partial charge in [0, 0.05) is 10.8 Å². The normalized spacial score (nSPS) is 11.4. The van der Waals surface area contributed by atoms with Gasteiger partial charge in [0.05, 0.1) is 0 Å². The van der Waals surface area contributed by atoms with Crippen molar-refractivity contribution in [3.8, 4) is 5.75 Å². The van der Waals surface area contributed by atoms with Crippen molar-refractivity contribution in [2.24, 2.45) is 0 Å². The summed E-state index contributed by atoms with van der Waals surface area (Å²) in [5, 5.41) is 16.9. The van der Waals surface area contributed by atoms with E-state index in [1.807, 2.05) is 42.5 Å². The van der Waals surface area contributed by atoms with Crippen LogP contribution in [0.3, 0.4) is 0 Å². The summed E-state index contributed by atoms with van der Waals surface area (Å²) in [7, 11) is 0. The second kappa shape index (κ2) is 3.72. The molecule has 90 valence electrons. The van der Waals surface area contributed by atoms with Crippen LogP contribution in [0, 0.1) is 0 Å². The van der Waals surface area contributed by atoms with Crippen molar-refractivity contribution in [2.75, 3.05) is 0 Å². The molecule has 4 rings (SSSR count). The lowest BCUT2D eigenvalue weighted by Gasteiger charge is -2.09. The van der Waals surface area contributed by atoms with Gasteiger partial charge in [-0.05, 0) is 27.6 Å². The van der Waals surface area contributed by atoms with Crippen molar-refractivity contribution in [3.05, 3.63) is 66.7 Å². The summed E-state index contributed by atoms with van der Waals surface area (Å²) in [6.07, 6.45) is 0. The van der Waals surface area contributed by atoms with Gasteiger partial charge in [-0.25, -0.2) is 0 Å². The number of benzene rings is 4. The minimum atomic E-state index is 0.347. The van der Waals surface area contributed by atoms with Crippen LogP contribution in [0.15, 0.2) is 66.7 Å². The van der Waals surface area contributed by atoms with Crippen LogP contribution in [0.5, 0.6) is 5.75 Å². The highest BCUT2D eigenvalue weighted by Gasteiger charge is 2.08. The van der Waals surface area contributed by atoms with Crippen LogP contribution in [-0.2, 0) is 0 Å². The van der Waals surface area contributed by atoms with Gasteiger partial charge in [0.2, 0.25) is 0 Å². The van der Waals surface area contributed by atoms with Gasteiger partial charge in [0.15, 0.2) is 0 Å². The largest absolute Gasteiger partial charge is 0.507 e. The van der Waals surface area contributed by atoms with E-state index in [0.717, 1.165) is 16.2 Å². The van der Waals surface area contributed by atoms with Crippen molar-refractivity contribution in [1.82, 2.24) is 0 Å². The monoisotopic (exact) mass is 244 g/mol. The molecule has 0 fully saturated rings. The first-order valence-corrected chi connectivity index (χ1v) is 6.37. The van der Waals surface area contributed by atoms with E-state index in [1.165, 1.54) is 16.2 Å². The molecule has 0 atom stereocenters. The highest BCUT2D eigenvalue weighted by atomic mass is 16.3. The number of phenolic OH excluding ortho intramolecular Hbond substituents is 1. The van der Waals surface area contributed by atoms with E-state index >= 15 is 0 Å². The Kier molecular flexibility index (Phi) is 2.04. The molecular formula is C18H12O. The maximum Gasteiger partial charge on any atom is 0.124 e. The van der Waals surface area contributed by atoms with E-state index in [0.29, 0.717) is 5.75 Å². The number of fused-ring (bicyclic) bond motifs is 5. The number of phenols is 1. The Balaban J connectivity index is 2.40. The SMILES string of the molecule is Oc1cc2ccccc2c2c1ccc1ccccc12. The highest BCUT2D eigenvalue weighted by Crippen LogP contribution is 2.37. The van der Waals surface area contributed by atoms with E-state index in [9.17, 15) is 5.11 Å². The summed E-state index contributed by atoms with van der Waals surface area (Å²) >= 11 is 0. The zero-order valence-electron chi connectivity index (χ0n) is 10.3. The molecular weight excluding hydrogens is 232 g/mol. The smallest absolute Gasteiger partial charge is 0.124 e. The average Bonchev–Trinajstić information content (AvgIpc) is 2.47.